The van der Waals surface area contributed by atoms with E-state index >= 15 is 0 Å². The Hall–Kier alpha value is -0.200. The summed E-state index contributed by atoms with van der Waals surface area (Å²) in [6.45, 7) is -0.283. The molecule has 1 rings (SSSR count). The third-order valence-electron chi connectivity index (χ3n) is 1.80. The minimum absolute atomic E-state index is 0. The van der Waals surface area contributed by atoms with Gasteiger partial charge in [-0.2, -0.15) is 0 Å². The number of carbonyl (C=O) groups excluding carboxylic acids is 1. The van der Waals surface area contributed by atoms with Gasteiger partial charge < -0.3 is 20.6 Å². The average molecular weight is 198 g/mol. The lowest BCUT2D eigenvalue weighted by Crippen LogP contribution is -2.59. The number of aliphatic hydroxyl groups is 3. The Morgan fingerprint density at radius 2 is 2.08 bits per heavy atom. The monoisotopic (exact) mass is 197 g/mol. The van der Waals surface area contributed by atoms with Crippen molar-refractivity contribution in [3.8, 4) is 0 Å². The minimum atomic E-state index is -1.35. The van der Waals surface area contributed by atoms with Crippen LogP contribution in [-0.4, -0.2) is 52.5 Å². The van der Waals surface area contributed by atoms with Crippen molar-refractivity contribution in [2.75, 3.05) is 13.2 Å². The number of rotatable bonds is 1. The Morgan fingerprint density at radius 1 is 1.50 bits per heavy atom. The van der Waals surface area contributed by atoms with Crippen LogP contribution < -0.4 is 5.32 Å². The standard InChI is InChI=1S/C6H11NO4.ClH/c8-2-3-5(10)6(11)4(9)1-7-3;/h3,5-8,10-11H,1-2H2;1H/t3-,5+,6+;/m1./s1. The Morgan fingerprint density at radius 3 is 2.58 bits per heavy atom. The van der Waals surface area contributed by atoms with Crippen molar-refractivity contribution in [2.45, 2.75) is 18.2 Å². The number of ketones is 1. The molecule has 0 aromatic rings. The second kappa shape index (κ2) is 4.74. The second-order valence-electron chi connectivity index (χ2n) is 2.57. The maximum absolute atomic E-state index is 10.7. The fourth-order valence-corrected chi connectivity index (χ4v) is 1.04. The summed E-state index contributed by atoms with van der Waals surface area (Å²) >= 11 is 0. The van der Waals surface area contributed by atoms with Crippen molar-refractivity contribution in [3.63, 3.8) is 0 Å². The molecule has 1 heterocycles. The van der Waals surface area contributed by atoms with Crippen LogP contribution in [0.4, 0.5) is 0 Å². The highest BCUT2D eigenvalue weighted by atomic mass is 35.5. The number of hydrogen-bond donors (Lipinski definition) is 4. The molecule has 0 aromatic carbocycles. The molecule has 1 saturated heterocycles. The highest BCUT2D eigenvalue weighted by Crippen LogP contribution is 2.05. The van der Waals surface area contributed by atoms with Gasteiger partial charge in [0.15, 0.2) is 5.78 Å². The molecule has 0 spiro atoms. The van der Waals surface area contributed by atoms with Crippen LogP contribution in [0, 0.1) is 0 Å². The molecule has 1 aliphatic rings. The Bertz CT molecular complexity index is 166. The highest BCUT2D eigenvalue weighted by Gasteiger charge is 2.35. The molecule has 5 nitrogen and oxygen atoms in total. The van der Waals surface area contributed by atoms with Gasteiger partial charge in [0.05, 0.1) is 19.2 Å². The van der Waals surface area contributed by atoms with Crippen LogP contribution in [0.1, 0.15) is 0 Å². The summed E-state index contributed by atoms with van der Waals surface area (Å²) in [5, 5.41) is 29.3. The van der Waals surface area contributed by atoms with E-state index in [1.807, 2.05) is 0 Å². The van der Waals surface area contributed by atoms with Crippen LogP contribution in [0.15, 0.2) is 0 Å². The molecular weight excluding hydrogens is 186 g/mol. The van der Waals surface area contributed by atoms with Gasteiger partial charge in [-0.1, -0.05) is 0 Å². The molecule has 6 heteroatoms. The van der Waals surface area contributed by atoms with Gasteiger partial charge in [0.1, 0.15) is 12.2 Å². The maximum atomic E-state index is 10.7. The Labute approximate surface area is 75.8 Å². The van der Waals surface area contributed by atoms with Crippen LogP contribution in [0.25, 0.3) is 0 Å². The number of Topliss-reactive ketones (excluding diaryl/α,β-unsaturated/α-hetero) is 1. The number of piperidine rings is 1. The maximum Gasteiger partial charge on any atom is 0.177 e. The zero-order chi connectivity index (χ0) is 8.43. The number of carbonyl (C=O) groups is 1. The summed E-state index contributed by atoms with van der Waals surface area (Å²) in [4.78, 5) is 10.7. The van der Waals surface area contributed by atoms with Crippen molar-refractivity contribution < 1.29 is 20.1 Å². The van der Waals surface area contributed by atoms with Gasteiger partial charge in [0, 0.05) is 0 Å². The molecule has 0 unspecified atom stereocenters. The predicted octanol–water partition coefficient (Wildman–Crippen LogP) is -2.34. The zero-order valence-corrected chi connectivity index (χ0v) is 7.12. The van der Waals surface area contributed by atoms with Gasteiger partial charge in [0.25, 0.3) is 0 Å². The Kier molecular flexibility index (Phi) is 4.66. The molecule has 0 saturated carbocycles. The summed E-state index contributed by atoms with van der Waals surface area (Å²) < 4.78 is 0. The molecule has 0 bridgehead atoms. The van der Waals surface area contributed by atoms with Crippen LogP contribution in [0.3, 0.4) is 0 Å². The van der Waals surface area contributed by atoms with Crippen molar-refractivity contribution in [1.82, 2.24) is 5.32 Å². The van der Waals surface area contributed by atoms with Crippen molar-refractivity contribution in [3.05, 3.63) is 0 Å². The van der Waals surface area contributed by atoms with Gasteiger partial charge >= 0.3 is 0 Å². The molecule has 0 aromatic heterocycles. The summed E-state index contributed by atoms with van der Waals surface area (Å²) in [6, 6.07) is -0.595. The van der Waals surface area contributed by atoms with Crippen LogP contribution in [0.5, 0.6) is 0 Å². The zero-order valence-electron chi connectivity index (χ0n) is 6.30. The lowest BCUT2D eigenvalue weighted by atomic mass is 9.98. The van der Waals surface area contributed by atoms with Crippen LogP contribution >= 0.6 is 12.4 Å². The lowest BCUT2D eigenvalue weighted by molar-refractivity contribution is -0.138. The van der Waals surface area contributed by atoms with Gasteiger partial charge in [-0.3, -0.25) is 4.79 Å². The highest BCUT2D eigenvalue weighted by molar-refractivity contribution is 5.86. The fourth-order valence-electron chi connectivity index (χ4n) is 1.04. The van der Waals surface area contributed by atoms with E-state index in [0.717, 1.165) is 0 Å². The summed E-state index contributed by atoms with van der Waals surface area (Å²) in [6.07, 6.45) is -2.55. The second-order valence-corrected chi connectivity index (χ2v) is 2.57. The van der Waals surface area contributed by atoms with Crippen molar-refractivity contribution in [1.29, 1.82) is 0 Å². The minimum Gasteiger partial charge on any atom is -0.395 e. The molecule has 1 aliphatic heterocycles. The average Bonchev–Trinajstić information content (AvgIpc) is 2.01. The van der Waals surface area contributed by atoms with Crippen LogP contribution in [-0.2, 0) is 4.79 Å². The smallest absolute Gasteiger partial charge is 0.177 e. The van der Waals surface area contributed by atoms with Gasteiger partial charge in [-0.15, -0.1) is 12.4 Å². The fraction of sp³-hybridized carbons (Fsp3) is 0.833. The molecule has 3 atom stereocenters. The first kappa shape index (κ1) is 11.8. The quantitative estimate of drug-likeness (QED) is 0.379. The summed E-state index contributed by atoms with van der Waals surface area (Å²) in [5.74, 6) is -0.442. The summed E-state index contributed by atoms with van der Waals surface area (Å²) in [7, 11) is 0. The molecule has 4 N–H and O–H groups in total. The van der Waals surface area contributed by atoms with Crippen molar-refractivity contribution >= 4 is 18.2 Å². The van der Waals surface area contributed by atoms with E-state index in [2.05, 4.69) is 5.32 Å². The SMILES string of the molecule is Cl.O=C1CN[C@H](CO)[C@H](O)[C@H]1O. The number of halogens is 1. The summed E-state index contributed by atoms with van der Waals surface area (Å²) in [5.41, 5.74) is 0. The first-order valence-corrected chi connectivity index (χ1v) is 3.40. The molecular formula is C6H12ClNO4. The number of nitrogens with one attached hydrogen (secondary N) is 1. The molecule has 12 heavy (non-hydrogen) atoms. The van der Waals surface area contributed by atoms with Crippen molar-refractivity contribution in [2.24, 2.45) is 0 Å². The van der Waals surface area contributed by atoms with E-state index in [0.29, 0.717) is 0 Å². The molecule has 0 radical (unpaired) electrons. The van der Waals surface area contributed by atoms with Gasteiger partial charge in [0.2, 0.25) is 0 Å². The van der Waals surface area contributed by atoms with E-state index in [4.69, 9.17) is 15.3 Å². The number of hydrogen-bond acceptors (Lipinski definition) is 5. The Balaban J connectivity index is 0.00000121. The topological polar surface area (TPSA) is 89.8 Å². The van der Waals surface area contributed by atoms with E-state index in [-0.39, 0.29) is 25.6 Å². The first-order chi connectivity index (χ1) is 5.16. The number of aliphatic hydroxyl groups excluding tert-OH is 3. The molecule has 0 aliphatic carbocycles. The van der Waals surface area contributed by atoms with E-state index in [1.165, 1.54) is 0 Å². The van der Waals surface area contributed by atoms with Gasteiger partial charge in [-0.05, 0) is 0 Å². The van der Waals surface area contributed by atoms with E-state index in [1.54, 1.807) is 0 Å². The van der Waals surface area contributed by atoms with E-state index in [9.17, 15) is 4.79 Å². The normalized spacial score (nSPS) is 35.9. The third-order valence-corrected chi connectivity index (χ3v) is 1.80. The predicted molar refractivity (Wildman–Crippen MR) is 43.1 cm³/mol. The largest absolute Gasteiger partial charge is 0.395 e. The molecule has 0 amide bonds. The first-order valence-electron chi connectivity index (χ1n) is 3.40. The molecule has 72 valence electrons. The molecule has 1 fully saturated rings. The third kappa shape index (κ3) is 2.15. The van der Waals surface area contributed by atoms with E-state index < -0.39 is 24.0 Å². The van der Waals surface area contributed by atoms with Gasteiger partial charge in [-0.25, -0.2) is 0 Å². The lowest BCUT2D eigenvalue weighted by Gasteiger charge is -2.30. The van der Waals surface area contributed by atoms with Crippen LogP contribution in [0.2, 0.25) is 0 Å².